The number of halogens is 2. The second kappa shape index (κ2) is 4.81. The van der Waals surface area contributed by atoms with Gasteiger partial charge in [-0.2, -0.15) is 5.26 Å². The van der Waals surface area contributed by atoms with Crippen molar-refractivity contribution in [1.82, 2.24) is 4.98 Å². The zero-order valence-corrected chi connectivity index (χ0v) is 9.37. The molecule has 1 N–H and O–H groups in total. The van der Waals surface area contributed by atoms with Gasteiger partial charge in [0.05, 0.1) is 28.2 Å². The molecule has 0 radical (unpaired) electrons. The van der Waals surface area contributed by atoms with E-state index in [2.05, 4.69) is 10.3 Å². The van der Waals surface area contributed by atoms with Crippen molar-refractivity contribution in [2.24, 2.45) is 0 Å². The van der Waals surface area contributed by atoms with Crippen LogP contribution >= 0.6 is 11.6 Å². The quantitative estimate of drug-likeness (QED) is 0.884. The predicted octanol–water partition coefficient (Wildman–Crippen LogP) is 3.49. The molecule has 0 saturated carbocycles. The molecule has 0 aliphatic rings. The third kappa shape index (κ3) is 2.35. The summed E-state index contributed by atoms with van der Waals surface area (Å²) in [5.74, 6) is -0.554. The van der Waals surface area contributed by atoms with Crippen LogP contribution in [0.25, 0.3) is 0 Å². The molecule has 0 amide bonds. The van der Waals surface area contributed by atoms with Crippen LogP contribution in [-0.4, -0.2) is 4.98 Å². The summed E-state index contributed by atoms with van der Waals surface area (Å²) in [6, 6.07) is 8.15. The lowest BCUT2D eigenvalue weighted by Crippen LogP contribution is -1.97. The normalized spacial score (nSPS) is 9.71. The van der Waals surface area contributed by atoms with Gasteiger partial charge in [0.15, 0.2) is 5.82 Å². The van der Waals surface area contributed by atoms with Crippen LogP contribution in [0, 0.1) is 17.1 Å². The molecular formula is C12H7ClFN3. The summed E-state index contributed by atoms with van der Waals surface area (Å²) in [7, 11) is 0. The topological polar surface area (TPSA) is 48.7 Å². The van der Waals surface area contributed by atoms with E-state index in [4.69, 9.17) is 16.9 Å². The number of benzene rings is 1. The Morgan fingerprint density at radius 3 is 2.88 bits per heavy atom. The van der Waals surface area contributed by atoms with Gasteiger partial charge in [0, 0.05) is 6.20 Å². The van der Waals surface area contributed by atoms with Crippen molar-refractivity contribution in [2.45, 2.75) is 0 Å². The Morgan fingerprint density at radius 1 is 1.29 bits per heavy atom. The number of nitrogens with zero attached hydrogens (tertiary/aromatic N) is 2. The monoisotopic (exact) mass is 247 g/mol. The average Bonchev–Trinajstić information content (AvgIpc) is 2.35. The van der Waals surface area contributed by atoms with Gasteiger partial charge in [-0.1, -0.05) is 17.7 Å². The number of hydrogen-bond acceptors (Lipinski definition) is 3. The lowest BCUT2D eigenvalue weighted by atomic mass is 10.2. The molecule has 2 aromatic rings. The fourth-order valence-corrected chi connectivity index (χ4v) is 1.51. The molecule has 0 saturated heterocycles. The van der Waals surface area contributed by atoms with E-state index in [1.807, 2.05) is 6.07 Å². The zero-order valence-electron chi connectivity index (χ0n) is 8.61. The number of nitriles is 1. The first kappa shape index (κ1) is 11.4. The molecule has 0 aliphatic carbocycles. The first-order valence-corrected chi connectivity index (χ1v) is 5.15. The molecule has 0 bridgehead atoms. The van der Waals surface area contributed by atoms with Gasteiger partial charge in [-0.05, 0) is 18.2 Å². The van der Waals surface area contributed by atoms with Gasteiger partial charge in [-0.25, -0.2) is 4.39 Å². The predicted molar refractivity (Wildman–Crippen MR) is 63.6 cm³/mol. The Kier molecular flexibility index (Phi) is 3.22. The van der Waals surface area contributed by atoms with Gasteiger partial charge in [-0.15, -0.1) is 0 Å². The molecule has 2 rings (SSSR count). The first-order chi connectivity index (χ1) is 8.22. The molecule has 17 heavy (non-hydrogen) atoms. The number of nitrogens with one attached hydrogen (secondary N) is 1. The van der Waals surface area contributed by atoms with Crippen LogP contribution in [0.4, 0.5) is 15.8 Å². The molecule has 1 heterocycles. The van der Waals surface area contributed by atoms with Gasteiger partial charge in [0.25, 0.3) is 0 Å². The highest BCUT2D eigenvalue weighted by Gasteiger charge is 2.08. The van der Waals surface area contributed by atoms with Crippen molar-refractivity contribution in [3.05, 3.63) is 53.1 Å². The number of aromatic nitrogens is 1. The van der Waals surface area contributed by atoms with Gasteiger partial charge < -0.3 is 5.32 Å². The van der Waals surface area contributed by atoms with E-state index in [-0.39, 0.29) is 10.7 Å². The lowest BCUT2D eigenvalue weighted by molar-refractivity contribution is 0.632. The van der Waals surface area contributed by atoms with Crippen LogP contribution in [0.5, 0.6) is 0 Å². The van der Waals surface area contributed by atoms with Gasteiger partial charge in [-0.3, -0.25) is 4.98 Å². The highest BCUT2D eigenvalue weighted by atomic mass is 35.5. The number of pyridine rings is 1. The minimum atomic E-state index is -0.554. The number of anilines is 2. The molecule has 3 nitrogen and oxygen atoms in total. The molecule has 0 fully saturated rings. The smallest absolute Gasteiger partial charge is 0.165 e. The second-order valence-electron chi connectivity index (χ2n) is 3.26. The largest absolute Gasteiger partial charge is 0.351 e. The Morgan fingerprint density at radius 2 is 2.12 bits per heavy atom. The summed E-state index contributed by atoms with van der Waals surface area (Å²) in [6.45, 7) is 0. The van der Waals surface area contributed by atoms with E-state index in [0.29, 0.717) is 11.3 Å². The van der Waals surface area contributed by atoms with Crippen molar-refractivity contribution in [2.75, 3.05) is 5.32 Å². The summed E-state index contributed by atoms with van der Waals surface area (Å²) in [5.41, 5.74) is 1.04. The summed E-state index contributed by atoms with van der Waals surface area (Å²) in [4.78, 5) is 3.87. The van der Waals surface area contributed by atoms with Crippen molar-refractivity contribution in [3.8, 4) is 6.07 Å². The van der Waals surface area contributed by atoms with Crippen LogP contribution in [0.1, 0.15) is 5.56 Å². The van der Waals surface area contributed by atoms with E-state index in [9.17, 15) is 4.39 Å². The lowest BCUT2D eigenvalue weighted by Gasteiger charge is -2.08. The maximum absolute atomic E-state index is 13.6. The van der Waals surface area contributed by atoms with E-state index in [0.717, 1.165) is 0 Å². The molecule has 0 atom stereocenters. The number of hydrogen-bond donors (Lipinski definition) is 1. The highest BCUT2D eigenvalue weighted by molar-refractivity contribution is 6.31. The fourth-order valence-electron chi connectivity index (χ4n) is 1.34. The molecule has 84 valence electrons. The van der Waals surface area contributed by atoms with Crippen LogP contribution < -0.4 is 5.32 Å². The minimum Gasteiger partial charge on any atom is -0.351 e. The van der Waals surface area contributed by atoms with E-state index in [1.54, 1.807) is 12.1 Å². The Labute approximate surface area is 102 Å². The molecular weight excluding hydrogens is 241 g/mol. The van der Waals surface area contributed by atoms with E-state index < -0.39 is 5.82 Å². The highest BCUT2D eigenvalue weighted by Crippen LogP contribution is 2.26. The Hall–Kier alpha value is -2.12. The summed E-state index contributed by atoms with van der Waals surface area (Å²) >= 11 is 5.66. The standard InChI is InChI=1S/C12H7ClFN3/c13-9-2-1-3-10(12(9)14)17-11-7-16-5-4-8(11)6-15/h1-5,7,17H. The maximum atomic E-state index is 13.6. The van der Waals surface area contributed by atoms with Crippen LogP contribution in [0.3, 0.4) is 0 Å². The maximum Gasteiger partial charge on any atom is 0.165 e. The van der Waals surface area contributed by atoms with Crippen LogP contribution in [-0.2, 0) is 0 Å². The van der Waals surface area contributed by atoms with Crippen LogP contribution in [0.15, 0.2) is 36.7 Å². The first-order valence-electron chi connectivity index (χ1n) is 4.77. The number of rotatable bonds is 2. The van der Waals surface area contributed by atoms with Crippen molar-refractivity contribution in [1.29, 1.82) is 5.26 Å². The zero-order chi connectivity index (χ0) is 12.3. The molecule has 0 spiro atoms. The Bertz CT molecular complexity index is 593. The summed E-state index contributed by atoms with van der Waals surface area (Å²) < 4.78 is 13.6. The third-order valence-corrected chi connectivity index (χ3v) is 2.45. The summed E-state index contributed by atoms with van der Waals surface area (Å²) in [5, 5.41) is 11.7. The molecule has 5 heteroatoms. The van der Waals surface area contributed by atoms with Crippen molar-refractivity contribution >= 4 is 23.0 Å². The molecule has 1 aromatic heterocycles. The van der Waals surface area contributed by atoms with Crippen LogP contribution in [0.2, 0.25) is 5.02 Å². The summed E-state index contributed by atoms with van der Waals surface area (Å²) in [6.07, 6.45) is 2.96. The van der Waals surface area contributed by atoms with Gasteiger partial charge in [0.1, 0.15) is 6.07 Å². The average molecular weight is 248 g/mol. The minimum absolute atomic E-state index is 0.0254. The second-order valence-corrected chi connectivity index (χ2v) is 3.67. The molecule has 0 aliphatic heterocycles. The molecule has 0 unspecified atom stereocenters. The van der Waals surface area contributed by atoms with Crippen molar-refractivity contribution < 1.29 is 4.39 Å². The van der Waals surface area contributed by atoms with E-state index in [1.165, 1.54) is 24.5 Å². The van der Waals surface area contributed by atoms with Crippen molar-refractivity contribution in [3.63, 3.8) is 0 Å². The fraction of sp³-hybridized carbons (Fsp3) is 0. The molecule has 1 aromatic carbocycles. The van der Waals surface area contributed by atoms with Gasteiger partial charge in [0.2, 0.25) is 0 Å². The van der Waals surface area contributed by atoms with Gasteiger partial charge >= 0.3 is 0 Å². The van der Waals surface area contributed by atoms with E-state index >= 15 is 0 Å². The third-order valence-electron chi connectivity index (χ3n) is 2.16. The SMILES string of the molecule is N#Cc1ccncc1Nc1cccc(Cl)c1F. The Balaban J connectivity index is 2.39.